The number of carbonyl (C=O) groups is 1. The van der Waals surface area contributed by atoms with Gasteiger partial charge in [-0.2, -0.15) is 0 Å². The van der Waals surface area contributed by atoms with Gasteiger partial charge in [-0.15, -0.1) is 0 Å². The van der Waals surface area contributed by atoms with E-state index in [-0.39, 0.29) is 22.5 Å². The summed E-state index contributed by atoms with van der Waals surface area (Å²) in [6.07, 6.45) is 1.13. The van der Waals surface area contributed by atoms with E-state index in [0.29, 0.717) is 24.3 Å². The number of halogens is 2. The molecule has 1 fully saturated rings. The van der Waals surface area contributed by atoms with Crippen molar-refractivity contribution in [2.45, 2.75) is 11.4 Å². The molecule has 0 aliphatic carbocycles. The topological polar surface area (TPSA) is 57.7 Å². The van der Waals surface area contributed by atoms with Crippen LogP contribution in [0.3, 0.4) is 0 Å². The lowest BCUT2D eigenvalue weighted by atomic mass is 10.2. The Kier molecular flexibility index (Phi) is 4.71. The predicted octanol–water partition coefficient (Wildman–Crippen LogP) is 3.32. The molecule has 0 saturated carbocycles. The van der Waals surface area contributed by atoms with E-state index < -0.39 is 15.7 Å². The first-order chi connectivity index (χ1) is 11.8. The second-order valence-electron chi connectivity index (χ2n) is 5.86. The van der Waals surface area contributed by atoms with E-state index in [1.54, 1.807) is 23.1 Å². The normalized spacial score (nSPS) is 15.1. The fourth-order valence-electron chi connectivity index (χ4n) is 2.71. The molecule has 1 saturated heterocycles. The van der Waals surface area contributed by atoms with Crippen molar-refractivity contribution in [1.82, 2.24) is 4.90 Å². The van der Waals surface area contributed by atoms with Crippen LogP contribution in [0.2, 0.25) is 5.02 Å². The molecule has 0 spiro atoms. The molecule has 1 aliphatic heterocycles. The molecule has 2 amide bonds. The molecule has 0 atom stereocenters. The Hall–Kier alpha value is -2.12. The zero-order chi connectivity index (χ0) is 18.2. The van der Waals surface area contributed by atoms with Crippen molar-refractivity contribution < 1.29 is 17.6 Å². The van der Waals surface area contributed by atoms with Crippen LogP contribution in [0, 0.1) is 5.82 Å². The molecule has 0 aromatic heterocycles. The molecule has 1 heterocycles. The van der Waals surface area contributed by atoms with Gasteiger partial charge in [0.05, 0.1) is 4.90 Å². The molecular formula is C17H16ClFN2O3S. The van der Waals surface area contributed by atoms with Gasteiger partial charge in [0.15, 0.2) is 9.84 Å². The van der Waals surface area contributed by atoms with Crippen LogP contribution in [0.5, 0.6) is 0 Å². The van der Waals surface area contributed by atoms with E-state index in [4.69, 9.17) is 11.6 Å². The zero-order valence-corrected chi connectivity index (χ0v) is 15.0. The Morgan fingerprint density at radius 1 is 1.16 bits per heavy atom. The van der Waals surface area contributed by atoms with Crippen molar-refractivity contribution in [2.24, 2.45) is 0 Å². The Labute approximate surface area is 150 Å². The summed E-state index contributed by atoms with van der Waals surface area (Å²) in [4.78, 5) is 15.9. The molecule has 3 rings (SSSR count). The molecule has 8 heteroatoms. The second-order valence-corrected chi connectivity index (χ2v) is 8.28. The van der Waals surface area contributed by atoms with E-state index in [9.17, 15) is 17.6 Å². The maximum atomic E-state index is 13.1. The van der Waals surface area contributed by atoms with Crippen LogP contribution in [0.1, 0.15) is 5.56 Å². The summed E-state index contributed by atoms with van der Waals surface area (Å²) in [6.45, 7) is 1.17. The highest BCUT2D eigenvalue weighted by atomic mass is 35.5. The maximum Gasteiger partial charge on any atom is 0.324 e. The van der Waals surface area contributed by atoms with Gasteiger partial charge in [0.2, 0.25) is 0 Å². The molecule has 2 aromatic rings. The standard InChI is InChI=1S/C17H16ClFN2O3S/c1-25(23,24)15-4-2-3-14(10-15)21-8-7-20(17(21)22)11-12-5-6-13(19)9-16(12)18/h2-6,9-10H,7-8,11H2,1H3. The lowest BCUT2D eigenvalue weighted by Crippen LogP contribution is -2.31. The minimum atomic E-state index is -3.35. The molecule has 0 unspecified atom stereocenters. The number of hydrogen-bond donors (Lipinski definition) is 0. The molecule has 5 nitrogen and oxygen atoms in total. The Morgan fingerprint density at radius 2 is 1.92 bits per heavy atom. The van der Waals surface area contributed by atoms with Crippen molar-refractivity contribution >= 4 is 33.2 Å². The first kappa shape index (κ1) is 17.7. The summed E-state index contributed by atoms with van der Waals surface area (Å²) in [6, 6.07) is 10.1. The Morgan fingerprint density at radius 3 is 2.60 bits per heavy atom. The number of anilines is 1. The molecule has 2 aromatic carbocycles. The van der Waals surface area contributed by atoms with Crippen LogP contribution in [0.4, 0.5) is 14.9 Å². The molecule has 0 N–H and O–H groups in total. The number of urea groups is 1. The average molecular weight is 383 g/mol. The number of nitrogens with zero attached hydrogens (tertiary/aromatic N) is 2. The van der Waals surface area contributed by atoms with Gasteiger partial charge in [-0.05, 0) is 35.9 Å². The number of sulfone groups is 1. The average Bonchev–Trinajstić information content (AvgIpc) is 2.90. The zero-order valence-electron chi connectivity index (χ0n) is 13.4. The number of amides is 2. The quantitative estimate of drug-likeness (QED) is 0.815. The highest BCUT2D eigenvalue weighted by molar-refractivity contribution is 7.90. The summed E-state index contributed by atoms with van der Waals surface area (Å²) in [5, 5.41) is 0.269. The van der Waals surface area contributed by atoms with Crippen molar-refractivity contribution in [1.29, 1.82) is 0 Å². The number of rotatable bonds is 4. The fraction of sp³-hybridized carbons (Fsp3) is 0.235. The summed E-state index contributed by atoms with van der Waals surface area (Å²) >= 11 is 6.02. The molecular weight excluding hydrogens is 367 g/mol. The van der Waals surface area contributed by atoms with Crippen LogP contribution in [0.25, 0.3) is 0 Å². The molecule has 25 heavy (non-hydrogen) atoms. The molecule has 0 radical (unpaired) electrons. The van der Waals surface area contributed by atoms with Gasteiger partial charge in [0.1, 0.15) is 5.82 Å². The summed E-state index contributed by atoms with van der Waals surface area (Å²) in [7, 11) is -3.35. The highest BCUT2D eigenvalue weighted by Gasteiger charge is 2.30. The van der Waals surface area contributed by atoms with Gasteiger partial charge in [-0.25, -0.2) is 17.6 Å². The number of hydrogen-bond acceptors (Lipinski definition) is 3. The third kappa shape index (κ3) is 3.77. The Bertz CT molecular complexity index is 933. The monoisotopic (exact) mass is 382 g/mol. The van der Waals surface area contributed by atoms with Crippen LogP contribution in [-0.2, 0) is 16.4 Å². The van der Waals surface area contributed by atoms with E-state index in [1.807, 2.05) is 0 Å². The number of benzene rings is 2. The first-order valence-corrected chi connectivity index (χ1v) is 9.83. The van der Waals surface area contributed by atoms with Gasteiger partial charge in [0, 0.05) is 36.6 Å². The van der Waals surface area contributed by atoms with Gasteiger partial charge in [-0.3, -0.25) is 4.90 Å². The first-order valence-electron chi connectivity index (χ1n) is 7.56. The maximum absolute atomic E-state index is 13.1. The lowest BCUT2D eigenvalue weighted by Gasteiger charge is -2.19. The van der Waals surface area contributed by atoms with Crippen LogP contribution in [-0.4, -0.2) is 38.7 Å². The minimum absolute atomic E-state index is 0.165. The summed E-state index contributed by atoms with van der Waals surface area (Å²) in [5.41, 5.74) is 1.18. The Balaban J connectivity index is 1.80. The minimum Gasteiger partial charge on any atom is -0.318 e. The van der Waals surface area contributed by atoms with Gasteiger partial charge < -0.3 is 4.90 Å². The summed E-state index contributed by atoms with van der Waals surface area (Å²) in [5.74, 6) is -0.430. The van der Waals surface area contributed by atoms with Crippen molar-refractivity contribution in [3.05, 3.63) is 58.9 Å². The van der Waals surface area contributed by atoms with E-state index in [0.717, 1.165) is 6.26 Å². The van der Waals surface area contributed by atoms with Gasteiger partial charge in [0.25, 0.3) is 0 Å². The van der Waals surface area contributed by atoms with Crippen LogP contribution >= 0.6 is 11.6 Å². The SMILES string of the molecule is CS(=O)(=O)c1cccc(N2CCN(Cc3ccc(F)cc3Cl)C2=O)c1. The molecule has 0 bridgehead atoms. The predicted molar refractivity (Wildman–Crippen MR) is 94.1 cm³/mol. The third-order valence-corrected chi connectivity index (χ3v) is 5.49. The van der Waals surface area contributed by atoms with Crippen molar-refractivity contribution in [3.63, 3.8) is 0 Å². The van der Waals surface area contributed by atoms with Gasteiger partial charge >= 0.3 is 6.03 Å². The smallest absolute Gasteiger partial charge is 0.318 e. The van der Waals surface area contributed by atoms with E-state index in [1.165, 1.54) is 29.2 Å². The lowest BCUT2D eigenvalue weighted by molar-refractivity contribution is 0.219. The van der Waals surface area contributed by atoms with Gasteiger partial charge in [-0.1, -0.05) is 23.7 Å². The van der Waals surface area contributed by atoms with Crippen LogP contribution in [0.15, 0.2) is 47.4 Å². The highest BCUT2D eigenvalue weighted by Crippen LogP contribution is 2.26. The largest absolute Gasteiger partial charge is 0.324 e. The van der Waals surface area contributed by atoms with Crippen LogP contribution < -0.4 is 4.90 Å². The molecule has 132 valence electrons. The second kappa shape index (κ2) is 6.65. The van der Waals surface area contributed by atoms with E-state index in [2.05, 4.69) is 0 Å². The van der Waals surface area contributed by atoms with Crippen molar-refractivity contribution in [2.75, 3.05) is 24.2 Å². The fourth-order valence-corrected chi connectivity index (χ4v) is 3.59. The van der Waals surface area contributed by atoms with Crippen molar-refractivity contribution in [3.8, 4) is 0 Å². The molecule has 1 aliphatic rings. The summed E-state index contributed by atoms with van der Waals surface area (Å²) < 4.78 is 36.5. The third-order valence-electron chi connectivity index (χ3n) is 4.03. The number of carbonyl (C=O) groups excluding carboxylic acids is 1. The van der Waals surface area contributed by atoms with E-state index >= 15 is 0 Å².